The molecular weight excluding hydrogens is 563 g/mol. The largest absolute Gasteiger partial charge is 0.356 e. The number of aromatic amines is 1. The molecule has 2 aromatic carbocycles. The fourth-order valence-electron chi connectivity index (χ4n) is 5.05. The van der Waals surface area contributed by atoms with Crippen LogP contribution in [0.3, 0.4) is 0 Å². The Morgan fingerprint density at radius 1 is 1.02 bits per heavy atom. The van der Waals surface area contributed by atoms with Crippen molar-refractivity contribution in [3.63, 3.8) is 0 Å². The Morgan fingerprint density at radius 2 is 1.83 bits per heavy atom. The van der Waals surface area contributed by atoms with Crippen LogP contribution >= 0.6 is 23.2 Å². The zero-order valence-electron chi connectivity index (χ0n) is 23.3. The number of hydrogen-bond acceptors (Lipinski definition) is 7. The normalized spacial score (nSPS) is 13.4. The van der Waals surface area contributed by atoms with Gasteiger partial charge in [0.2, 0.25) is 11.9 Å². The predicted molar refractivity (Wildman–Crippen MR) is 163 cm³/mol. The number of rotatable bonds is 11. The summed E-state index contributed by atoms with van der Waals surface area (Å²) in [7, 11) is 4.03. The highest BCUT2D eigenvalue weighted by Gasteiger charge is 2.24. The van der Waals surface area contributed by atoms with E-state index < -0.39 is 0 Å². The Hall–Kier alpha value is -3.47. The molecule has 1 fully saturated rings. The van der Waals surface area contributed by atoms with E-state index in [1.807, 2.05) is 36.0 Å². The summed E-state index contributed by atoms with van der Waals surface area (Å²) in [5.41, 5.74) is 2.57. The number of carbonyl (C=O) groups excluding carboxylic acids is 2. The molecule has 0 aliphatic carbocycles. The van der Waals surface area contributed by atoms with Crippen molar-refractivity contribution in [2.75, 3.05) is 51.7 Å². The number of benzene rings is 2. The molecule has 2 aromatic heterocycles. The zero-order chi connectivity index (χ0) is 28.9. The second-order valence-corrected chi connectivity index (χ2v) is 11.4. The minimum absolute atomic E-state index is 0.000695. The monoisotopic (exact) mass is 596 g/mol. The van der Waals surface area contributed by atoms with Crippen LogP contribution in [0.25, 0.3) is 21.9 Å². The first-order valence-electron chi connectivity index (χ1n) is 13.9. The maximum atomic E-state index is 13.1. The van der Waals surface area contributed by atoms with Crippen LogP contribution in [0, 0.1) is 0 Å². The Labute approximate surface area is 249 Å². The van der Waals surface area contributed by atoms with Crippen LogP contribution in [-0.4, -0.2) is 88.4 Å². The molecule has 12 heteroatoms. The average Bonchev–Trinajstić information content (AvgIpc) is 3.63. The van der Waals surface area contributed by atoms with E-state index in [1.54, 1.807) is 18.2 Å². The van der Waals surface area contributed by atoms with Gasteiger partial charge in [0.15, 0.2) is 0 Å². The number of H-pyrrole nitrogens is 1. The molecular formula is C29H34Cl2N8O2. The molecule has 2 N–H and O–H groups in total. The summed E-state index contributed by atoms with van der Waals surface area (Å²) in [4.78, 5) is 48.7. The van der Waals surface area contributed by atoms with Crippen molar-refractivity contribution >= 4 is 68.7 Å². The van der Waals surface area contributed by atoms with Gasteiger partial charge in [-0.3, -0.25) is 14.5 Å². The quantitative estimate of drug-likeness (QED) is 0.233. The van der Waals surface area contributed by atoms with E-state index >= 15 is 0 Å². The summed E-state index contributed by atoms with van der Waals surface area (Å²) in [5.74, 6) is 1.05. The third kappa shape index (κ3) is 6.89. The van der Waals surface area contributed by atoms with E-state index in [-0.39, 0.29) is 11.8 Å². The number of anilines is 2. The van der Waals surface area contributed by atoms with Crippen LogP contribution in [0.4, 0.5) is 11.8 Å². The first-order valence-corrected chi connectivity index (χ1v) is 14.6. The Balaban J connectivity index is 1.43. The van der Waals surface area contributed by atoms with Crippen LogP contribution in [0.2, 0.25) is 10.0 Å². The molecule has 1 saturated heterocycles. The molecule has 2 amide bonds. The molecule has 0 unspecified atom stereocenters. The lowest BCUT2D eigenvalue weighted by Crippen LogP contribution is -2.28. The molecule has 10 nitrogen and oxygen atoms in total. The molecule has 0 spiro atoms. The van der Waals surface area contributed by atoms with Crippen molar-refractivity contribution in [3.8, 4) is 0 Å². The van der Waals surface area contributed by atoms with Gasteiger partial charge < -0.3 is 20.1 Å². The predicted octanol–water partition coefficient (Wildman–Crippen LogP) is 5.04. The van der Waals surface area contributed by atoms with Gasteiger partial charge in [-0.25, -0.2) is 15.0 Å². The molecule has 1 aliphatic heterocycles. The van der Waals surface area contributed by atoms with Crippen LogP contribution in [-0.2, 0) is 4.79 Å². The molecule has 5 rings (SSSR count). The van der Waals surface area contributed by atoms with Crippen molar-refractivity contribution in [2.45, 2.75) is 32.1 Å². The number of hydrogen-bond donors (Lipinski definition) is 2. The standard InChI is InChI=1S/C29H34Cl2N8O2/c1-37(2)11-6-10-32-26(40)7-5-14-39(29-35-23-9-8-19(30)15-25(23)36-29)27-21-16-22(31)20(17-24(21)33-18-34-27)28(41)38-12-3-4-13-38/h8-9,15-18H,3-7,10-14H2,1-2H3,(H,32,40)(H,35,36). The van der Waals surface area contributed by atoms with E-state index in [9.17, 15) is 9.59 Å². The van der Waals surface area contributed by atoms with Gasteiger partial charge in [0.05, 0.1) is 27.1 Å². The van der Waals surface area contributed by atoms with Gasteiger partial charge in [-0.05, 0) is 76.7 Å². The summed E-state index contributed by atoms with van der Waals surface area (Å²) in [6.07, 6.45) is 5.26. The van der Waals surface area contributed by atoms with Gasteiger partial charge >= 0.3 is 0 Å². The molecule has 216 valence electrons. The molecule has 0 saturated carbocycles. The molecule has 0 bridgehead atoms. The van der Waals surface area contributed by atoms with E-state index in [1.165, 1.54) is 6.33 Å². The first-order chi connectivity index (χ1) is 19.8. The maximum absolute atomic E-state index is 13.1. The number of amides is 2. The number of halogens is 2. The molecule has 1 aliphatic rings. The second-order valence-electron chi connectivity index (χ2n) is 10.5. The van der Waals surface area contributed by atoms with E-state index in [2.05, 4.69) is 25.2 Å². The SMILES string of the molecule is CN(C)CCCNC(=O)CCCN(c1nc2ccc(Cl)cc2[nH]1)c1ncnc2cc(C(=O)N3CCCC3)c(Cl)cc12. The van der Waals surface area contributed by atoms with Crippen molar-refractivity contribution in [1.29, 1.82) is 0 Å². The third-order valence-electron chi connectivity index (χ3n) is 7.16. The van der Waals surface area contributed by atoms with Crippen molar-refractivity contribution < 1.29 is 9.59 Å². The highest BCUT2D eigenvalue weighted by atomic mass is 35.5. The summed E-state index contributed by atoms with van der Waals surface area (Å²) in [6, 6.07) is 8.94. The highest BCUT2D eigenvalue weighted by Crippen LogP contribution is 2.34. The van der Waals surface area contributed by atoms with E-state index in [0.717, 1.165) is 49.9 Å². The lowest BCUT2D eigenvalue weighted by atomic mass is 10.1. The van der Waals surface area contributed by atoms with Gasteiger partial charge in [0.25, 0.3) is 5.91 Å². The highest BCUT2D eigenvalue weighted by molar-refractivity contribution is 6.35. The number of carbonyl (C=O) groups is 2. The molecule has 41 heavy (non-hydrogen) atoms. The zero-order valence-corrected chi connectivity index (χ0v) is 24.8. The van der Waals surface area contributed by atoms with Crippen molar-refractivity contribution in [1.82, 2.24) is 35.1 Å². The molecule has 4 aromatic rings. The summed E-state index contributed by atoms with van der Waals surface area (Å²) in [5, 5.41) is 4.62. The maximum Gasteiger partial charge on any atom is 0.255 e. The Bertz CT molecular complexity index is 1550. The van der Waals surface area contributed by atoms with Crippen molar-refractivity contribution in [3.05, 3.63) is 52.3 Å². The van der Waals surface area contributed by atoms with E-state index in [0.29, 0.717) is 64.2 Å². The van der Waals surface area contributed by atoms with Gasteiger partial charge in [0.1, 0.15) is 12.1 Å². The average molecular weight is 598 g/mol. The van der Waals surface area contributed by atoms with Crippen LogP contribution in [0.1, 0.15) is 42.5 Å². The Morgan fingerprint density at radius 3 is 2.61 bits per heavy atom. The minimum Gasteiger partial charge on any atom is -0.356 e. The fourth-order valence-corrected chi connectivity index (χ4v) is 5.47. The Kier molecular flexibility index (Phi) is 9.22. The second kappa shape index (κ2) is 13.0. The summed E-state index contributed by atoms with van der Waals surface area (Å²) in [6.45, 7) is 3.47. The van der Waals surface area contributed by atoms with E-state index in [4.69, 9.17) is 28.2 Å². The number of nitrogens with one attached hydrogen (secondary N) is 2. The summed E-state index contributed by atoms with van der Waals surface area (Å²) >= 11 is 12.9. The lowest BCUT2D eigenvalue weighted by molar-refractivity contribution is -0.121. The van der Waals surface area contributed by atoms with Gasteiger partial charge in [-0.2, -0.15) is 0 Å². The van der Waals surface area contributed by atoms with Crippen LogP contribution in [0.15, 0.2) is 36.7 Å². The number of aromatic nitrogens is 4. The minimum atomic E-state index is -0.0859. The third-order valence-corrected chi connectivity index (χ3v) is 7.71. The number of fused-ring (bicyclic) bond motifs is 2. The smallest absolute Gasteiger partial charge is 0.255 e. The first kappa shape index (κ1) is 29.0. The van der Waals surface area contributed by atoms with Gasteiger partial charge in [-0.15, -0.1) is 0 Å². The molecule has 3 heterocycles. The van der Waals surface area contributed by atoms with Gasteiger partial charge in [-0.1, -0.05) is 23.2 Å². The molecule has 0 radical (unpaired) electrons. The van der Waals surface area contributed by atoms with Crippen molar-refractivity contribution in [2.24, 2.45) is 0 Å². The number of likely N-dealkylation sites (tertiary alicyclic amines) is 1. The topological polar surface area (TPSA) is 110 Å². The molecule has 0 atom stereocenters. The van der Waals surface area contributed by atoms with Crippen LogP contribution < -0.4 is 10.2 Å². The lowest BCUT2D eigenvalue weighted by Gasteiger charge is -2.23. The number of nitrogens with zero attached hydrogens (tertiary/aromatic N) is 6. The number of imidazole rings is 1. The van der Waals surface area contributed by atoms with Crippen LogP contribution in [0.5, 0.6) is 0 Å². The van der Waals surface area contributed by atoms with Gasteiger partial charge in [0, 0.05) is 43.0 Å². The fraction of sp³-hybridized carbons (Fsp3) is 0.414. The summed E-state index contributed by atoms with van der Waals surface area (Å²) < 4.78 is 0.